The lowest BCUT2D eigenvalue weighted by atomic mass is 10.1. The summed E-state index contributed by atoms with van der Waals surface area (Å²) in [4.78, 5) is 7.78. The summed E-state index contributed by atoms with van der Waals surface area (Å²) in [6.45, 7) is 3.69. The van der Waals surface area contributed by atoms with Crippen LogP contribution in [0.1, 0.15) is 4.88 Å². The lowest BCUT2D eigenvalue weighted by molar-refractivity contribution is 0.0674. The van der Waals surface area contributed by atoms with Gasteiger partial charge in [0, 0.05) is 18.0 Å². The second-order valence-electron chi connectivity index (χ2n) is 5.30. The highest BCUT2D eigenvalue weighted by atomic mass is 127. The van der Waals surface area contributed by atoms with E-state index in [1.165, 1.54) is 16.0 Å². The minimum atomic E-state index is 0. The Kier molecular flexibility index (Phi) is 7.32. The van der Waals surface area contributed by atoms with Gasteiger partial charge in [-0.2, -0.15) is 0 Å². The van der Waals surface area contributed by atoms with Crippen LogP contribution < -0.4 is 10.5 Å². The molecule has 3 rings (SSSR count). The van der Waals surface area contributed by atoms with Crippen molar-refractivity contribution in [3.8, 4) is 16.9 Å². The molecule has 0 spiro atoms. The Morgan fingerprint density at radius 2 is 1.96 bits per heavy atom. The Hall–Kier alpha value is -1.32. The average Bonchev–Trinajstić information content (AvgIpc) is 3.09. The van der Waals surface area contributed by atoms with Crippen LogP contribution in [-0.2, 0) is 11.3 Å². The number of hydrogen-bond donors (Lipinski definition) is 1. The number of hydrogen-bond acceptors (Lipinski definition) is 4. The molecule has 2 heterocycles. The molecule has 2 aromatic rings. The first kappa shape index (κ1) is 19.0. The lowest BCUT2D eigenvalue weighted by Gasteiger charge is -2.27. The van der Waals surface area contributed by atoms with E-state index in [0.717, 1.165) is 32.1 Å². The maximum atomic E-state index is 6.06. The van der Waals surface area contributed by atoms with Crippen molar-refractivity contribution < 1.29 is 9.47 Å². The Morgan fingerprint density at radius 1 is 1.25 bits per heavy atom. The number of ether oxygens (including phenoxy) is 2. The van der Waals surface area contributed by atoms with Crippen LogP contribution >= 0.6 is 35.3 Å². The molecule has 0 amide bonds. The van der Waals surface area contributed by atoms with E-state index >= 15 is 0 Å². The summed E-state index contributed by atoms with van der Waals surface area (Å²) in [6.07, 6.45) is 0. The molecule has 0 aliphatic carbocycles. The Morgan fingerprint density at radius 3 is 2.62 bits per heavy atom. The molecular formula is C17H22IN3O2S. The molecule has 0 radical (unpaired) electrons. The van der Waals surface area contributed by atoms with Crippen molar-refractivity contribution in [3.05, 3.63) is 40.6 Å². The fraction of sp³-hybridized carbons (Fsp3) is 0.353. The van der Waals surface area contributed by atoms with Crippen molar-refractivity contribution in [3.63, 3.8) is 0 Å². The molecule has 1 aliphatic rings. The minimum absolute atomic E-state index is 0. The molecular weight excluding hydrogens is 437 g/mol. The quantitative estimate of drug-likeness (QED) is 0.434. The van der Waals surface area contributed by atoms with E-state index in [9.17, 15) is 0 Å². The van der Waals surface area contributed by atoms with Crippen LogP contribution in [0.2, 0.25) is 0 Å². The van der Waals surface area contributed by atoms with Crippen molar-refractivity contribution in [2.75, 3.05) is 33.4 Å². The van der Waals surface area contributed by atoms with Gasteiger partial charge in [0.15, 0.2) is 5.96 Å². The van der Waals surface area contributed by atoms with E-state index in [0.29, 0.717) is 12.5 Å². The van der Waals surface area contributed by atoms with Gasteiger partial charge in [0.2, 0.25) is 0 Å². The molecule has 0 saturated carbocycles. The van der Waals surface area contributed by atoms with Gasteiger partial charge < -0.3 is 20.1 Å². The van der Waals surface area contributed by atoms with Gasteiger partial charge in [0.25, 0.3) is 0 Å². The number of methoxy groups -OCH3 is 1. The monoisotopic (exact) mass is 459 g/mol. The fourth-order valence-corrected chi connectivity index (χ4v) is 3.27. The topological polar surface area (TPSA) is 60.1 Å². The van der Waals surface area contributed by atoms with E-state index in [-0.39, 0.29) is 24.0 Å². The molecule has 24 heavy (non-hydrogen) atoms. The molecule has 0 atom stereocenters. The smallest absolute Gasteiger partial charge is 0.191 e. The number of guanidine groups is 1. The number of nitrogens with zero attached hydrogens (tertiary/aromatic N) is 2. The van der Waals surface area contributed by atoms with Crippen LogP contribution in [-0.4, -0.2) is 44.3 Å². The van der Waals surface area contributed by atoms with Gasteiger partial charge in [0.05, 0.1) is 26.9 Å². The number of thiophene rings is 1. The first-order chi connectivity index (χ1) is 11.3. The predicted molar refractivity (Wildman–Crippen MR) is 109 cm³/mol. The zero-order valence-electron chi connectivity index (χ0n) is 13.6. The van der Waals surface area contributed by atoms with Crippen molar-refractivity contribution >= 4 is 41.3 Å². The summed E-state index contributed by atoms with van der Waals surface area (Å²) >= 11 is 1.71. The third kappa shape index (κ3) is 4.84. The highest BCUT2D eigenvalue weighted by Crippen LogP contribution is 2.27. The molecule has 0 unspecified atom stereocenters. The zero-order valence-corrected chi connectivity index (χ0v) is 16.8. The van der Waals surface area contributed by atoms with Gasteiger partial charge >= 0.3 is 0 Å². The maximum absolute atomic E-state index is 6.06. The van der Waals surface area contributed by atoms with E-state index in [1.54, 1.807) is 18.4 Å². The normalized spacial score (nSPS) is 15.0. The highest BCUT2D eigenvalue weighted by molar-refractivity contribution is 14.0. The number of halogens is 1. The number of morpholine rings is 1. The number of nitrogens with two attached hydrogens (primary N) is 1. The van der Waals surface area contributed by atoms with Gasteiger partial charge in [-0.1, -0.05) is 12.1 Å². The summed E-state index contributed by atoms with van der Waals surface area (Å²) in [5.74, 6) is 1.47. The van der Waals surface area contributed by atoms with Crippen LogP contribution in [0.5, 0.6) is 5.75 Å². The fourth-order valence-electron chi connectivity index (χ4n) is 2.45. The molecule has 1 aliphatic heterocycles. The minimum Gasteiger partial charge on any atom is -0.497 e. The van der Waals surface area contributed by atoms with E-state index in [2.05, 4.69) is 33.5 Å². The van der Waals surface area contributed by atoms with Gasteiger partial charge in [0.1, 0.15) is 5.75 Å². The van der Waals surface area contributed by atoms with E-state index in [4.69, 9.17) is 15.2 Å². The second-order valence-corrected chi connectivity index (χ2v) is 6.30. The number of rotatable bonds is 4. The summed E-state index contributed by atoms with van der Waals surface area (Å²) in [6, 6.07) is 10.2. The largest absolute Gasteiger partial charge is 0.497 e. The summed E-state index contributed by atoms with van der Waals surface area (Å²) in [5, 5.41) is 2.15. The van der Waals surface area contributed by atoms with Gasteiger partial charge in [-0.15, -0.1) is 35.3 Å². The Bertz CT molecular complexity index is 667. The summed E-state index contributed by atoms with van der Waals surface area (Å²) in [5.41, 5.74) is 8.44. The molecule has 7 heteroatoms. The van der Waals surface area contributed by atoms with Crippen molar-refractivity contribution in [2.24, 2.45) is 10.7 Å². The van der Waals surface area contributed by atoms with Crippen molar-refractivity contribution in [2.45, 2.75) is 6.54 Å². The molecule has 2 N–H and O–H groups in total. The Labute approximate surface area is 163 Å². The van der Waals surface area contributed by atoms with E-state index in [1.807, 2.05) is 12.1 Å². The van der Waals surface area contributed by atoms with Gasteiger partial charge in [-0.05, 0) is 34.7 Å². The molecule has 1 saturated heterocycles. The molecule has 5 nitrogen and oxygen atoms in total. The first-order valence-electron chi connectivity index (χ1n) is 7.61. The third-order valence-electron chi connectivity index (χ3n) is 3.81. The number of benzene rings is 1. The van der Waals surface area contributed by atoms with Crippen LogP contribution in [0.3, 0.4) is 0 Å². The standard InChI is InChI=1S/C17H21N3O2S.HI/c1-21-15-4-2-13(3-5-15)14-10-16(23-12-14)11-19-17(18)20-6-8-22-9-7-20;/h2-5,10,12H,6-9,11H2,1H3,(H2,18,19);1H. The third-order valence-corrected chi connectivity index (χ3v) is 4.73. The number of aliphatic imine (C=N–C) groups is 1. The first-order valence-corrected chi connectivity index (χ1v) is 8.48. The highest BCUT2D eigenvalue weighted by Gasteiger charge is 2.12. The van der Waals surface area contributed by atoms with Crippen LogP contribution in [0, 0.1) is 0 Å². The summed E-state index contributed by atoms with van der Waals surface area (Å²) in [7, 11) is 1.68. The molecule has 0 bridgehead atoms. The van der Waals surface area contributed by atoms with Gasteiger partial charge in [-0.25, -0.2) is 4.99 Å². The predicted octanol–water partition coefficient (Wildman–Crippen LogP) is 3.19. The molecule has 1 fully saturated rings. The van der Waals surface area contributed by atoms with Crippen molar-refractivity contribution in [1.29, 1.82) is 0 Å². The zero-order chi connectivity index (χ0) is 16.1. The molecule has 130 valence electrons. The second kappa shape index (κ2) is 9.24. The molecule has 1 aromatic heterocycles. The molecule has 1 aromatic carbocycles. The maximum Gasteiger partial charge on any atom is 0.191 e. The Balaban J connectivity index is 0.00000208. The van der Waals surface area contributed by atoms with Gasteiger partial charge in [-0.3, -0.25) is 0 Å². The summed E-state index contributed by atoms with van der Waals surface area (Å²) < 4.78 is 10.5. The van der Waals surface area contributed by atoms with Crippen LogP contribution in [0.4, 0.5) is 0 Å². The van der Waals surface area contributed by atoms with E-state index < -0.39 is 0 Å². The van der Waals surface area contributed by atoms with Crippen LogP contribution in [0.15, 0.2) is 40.7 Å². The van der Waals surface area contributed by atoms with Crippen molar-refractivity contribution in [1.82, 2.24) is 4.90 Å². The SMILES string of the molecule is COc1ccc(-c2csc(CN=C(N)N3CCOCC3)c2)cc1.I. The average molecular weight is 459 g/mol. The lowest BCUT2D eigenvalue weighted by Crippen LogP contribution is -2.44. The van der Waals surface area contributed by atoms with Crippen LogP contribution in [0.25, 0.3) is 11.1 Å².